The van der Waals surface area contributed by atoms with E-state index in [2.05, 4.69) is 0 Å². The number of benzene rings is 1. The van der Waals surface area contributed by atoms with Gasteiger partial charge in [0.1, 0.15) is 14.8 Å². The molecule has 0 radical (unpaired) electrons. The van der Waals surface area contributed by atoms with Crippen LogP contribution in [-0.2, 0) is 14.3 Å². The molecule has 1 heterocycles. The molecule has 0 unspecified atom stereocenters. The highest BCUT2D eigenvalue weighted by molar-refractivity contribution is 8.24. The Balaban J connectivity index is 2.23. The van der Waals surface area contributed by atoms with Crippen LogP contribution in [0.15, 0.2) is 29.2 Å². The van der Waals surface area contributed by atoms with E-state index in [0.29, 0.717) is 9.34 Å². The van der Waals surface area contributed by atoms with Gasteiger partial charge < -0.3 is 4.74 Å². The first-order valence-electron chi connectivity index (χ1n) is 5.92. The SMILES string of the molecule is COC(=O)[C@@H](Sc1ccc(Cl)cc1)[C@H]1SC(=S)N(C)C1=O. The lowest BCUT2D eigenvalue weighted by atomic mass is 10.2. The van der Waals surface area contributed by atoms with Gasteiger partial charge in [0.05, 0.1) is 7.11 Å². The average molecular weight is 362 g/mol. The van der Waals surface area contributed by atoms with Gasteiger partial charge in [-0.25, -0.2) is 0 Å². The van der Waals surface area contributed by atoms with Gasteiger partial charge in [0.2, 0.25) is 5.91 Å². The molecule has 1 aliphatic rings. The summed E-state index contributed by atoms with van der Waals surface area (Å²) in [5, 5.41) is -0.617. The maximum atomic E-state index is 12.2. The number of hydrogen-bond acceptors (Lipinski definition) is 6. The Labute approximate surface area is 141 Å². The Morgan fingerprint density at radius 3 is 2.57 bits per heavy atom. The van der Waals surface area contributed by atoms with E-state index in [4.69, 9.17) is 28.6 Å². The monoisotopic (exact) mass is 361 g/mol. The molecule has 0 aliphatic carbocycles. The molecular formula is C13H12ClNO3S3. The van der Waals surface area contributed by atoms with Crippen molar-refractivity contribution in [2.24, 2.45) is 0 Å². The van der Waals surface area contributed by atoms with Crippen LogP contribution in [0.1, 0.15) is 0 Å². The highest BCUT2D eigenvalue weighted by Crippen LogP contribution is 2.37. The van der Waals surface area contributed by atoms with E-state index >= 15 is 0 Å². The predicted molar refractivity (Wildman–Crippen MR) is 89.9 cm³/mol. The lowest BCUT2D eigenvalue weighted by Crippen LogP contribution is -2.37. The van der Waals surface area contributed by atoms with Crippen molar-refractivity contribution in [1.82, 2.24) is 4.90 Å². The molecule has 1 saturated heterocycles. The van der Waals surface area contributed by atoms with E-state index in [1.54, 1.807) is 31.3 Å². The summed E-state index contributed by atoms with van der Waals surface area (Å²) in [6.45, 7) is 0. The van der Waals surface area contributed by atoms with Crippen LogP contribution >= 0.6 is 47.3 Å². The van der Waals surface area contributed by atoms with Crippen molar-refractivity contribution in [2.45, 2.75) is 15.4 Å². The van der Waals surface area contributed by atoms with Gasteiger partial charge in [-0.3, -0.25) is 14.5 Å². The first kappa shape index (κ1) is 16.6. The number of thioether (sulfide) groups is 2. The molecule has 0 spiro atoms. The van der Waals surface area contributed by atoms with Crippen LogP contribution in [0.4, 0.5) is 0 Å². The van der Waals surface area contributed by atoms with Gasteiger partial charge in [-0.1, -0.05) is 35.6 Å². The fourth-order valence-corrected chi connectivity index (χ4v) is 4.56. The van der Waals surface area contributed by atoms with Gasteiger partial charge in [-0.15, -0.1) is 11.8 Å². The summed E-state index contributed by atoms with van der Waals surface area (Å²) >= 11 is 13.4. The molecule has 21 heavy (non-hydrogen) atoms. The number of thiocarbonyl (C=S) groups is 1. The van der Waals surface area contributed by atoms with Crippen LogP contribution in [0, 0.1) is 0 Å². The number of carbonyl (C=O) groups is 2. The zero-order valence-electron chi connectivity index (χ0n) is 11.2. The number of methoxy groups -OCH3 is 1. The van der Waals surface area contributed by atoms with E-state index in [1.165, 1.54) is 35.5 Å². The van der Waals surface area contributed by atoms with Crippen molar-refractivity contribution in [2.75, 3.05) is 14.2 Å². The van der Waals surface area contributed by atoms with Crippen LogP contribution in [0.2, 0.25) is 5.02 Å². The van der Waals surface area contributed by atoms with Crippen LogP contribution in [-0.4, -0.2) is 45.8 Å². The molecule has 1 aromatic rings. The Hall–Kier alpha value is -0.760. The number of ether oxygens (including phenoxy) is 1. The number of rotatable bonds is 4. The highest BCUT2D eigenvalue weighted by Gasteiger charge is 2.44. The summed E-state index contributed by atoms with van der Waals surface area (Å²) in [6.07, 6.45) is 0. The third-order valence-corrected chi connectivity index (χ3v) is 6.31. The van der Waals surface area contributed by atoms with Gasteiger partial charge in [-0.2, -0.15) is 0 Å². The summed E-state index contributed by atoms with van der Waals surface area (Å²) in [4.78, 5) is 26.5. The molecule has 0 saturated carbocycles. The van der Waals surface area contributed by atoms with E-state index in [-0.39, 0.29) is 5.91 Å². The van der Waals surface area contributed by atoms with Crippen LogP contribution in [0.3, 0.4) is 0 Å². The molecule has 1 aromatic carbocycles. The van der Waals surface area contributed by atoms with Crippen molar-refractivity contribution < 1.29 is 14.3 Å². The summed E-state index contributed by atoms with van der Waals surface area (Å²) in [6, 6.07) is 7.07. The Morgan fingerprint density at radius 2 is 2.10 bits per heavy atom. The standard InChI is InChI=1S/C13H12ClNO3S3/c1-15-11(16)9(21-13(15)19)10(12(17)18-2)20-8-5-3-7(14)4-6-8/h3-6,9-10H,1-2H3/t9-,10+/m1/s1. The lowest BCUT2D eigenvalue weighted by Gasteiger charge is -2.18. The first-order valence-corrected chi connectivity index (χ1v) is 8.47. The Bertz CT molecular complexity index is 579. The van der Waals surface area contributed by atoms with E-state index in [0.717, 1.165) is 4.90 Å². The van der Waals surface area contributed by atoms with Crippen LogP contribution in [0.5, 0.6) is 0 Å². The summed E-state index contributed by atoms with van der Waals surface area (Å²) in [7, 11) is 2.92. The summed E-state index contributed by atoms with van der Waals surface area (Å²) in [5.74, 6) is -0.624. The largest absolute Gasteiger partial charge is 0.468 e. The molecule has 1 fully saturated rings. The topological polar surface area (TPSA) is 46.6 Å². The molecule has 2 atom stereocenters. The zero-order chi connectivity index (χ0) is 15.6. The quantitative estimate of drug-likeness (QED) is 0.467. The number of hydrogen-bond donors (Lipinski definition) is 0. The smallest absolute Gasteiger partial charge is 0.320 e. The summed E-state index contributed by atoms with van der Waals surface area (Å²) in [5.41, 5.74) is 0. The van der Waals surface area contributed by atoms with Crippen molar-refractivity contribution in [1.29, 1.82) is 0 Å². The number of amides is 1. The summed E-state index contributed by atoms with van der Waals surface area (Å²) < 4.78 is 5.29. The molecule has 0 bridgehead atoms. The number of nitrogens with zero attached hydrogens (tertiary/aromatic N) is 1. The Morgan fingerprint density at radius 1 is 1.48 bits per heavy atom. The van der Waals surface area contributed by atoms with Crippen molar-refractivity contribution in [3.63, 3.8) is 0 Å². The van der Waals surface area contributed by atoms with E-state index < -0.39 is 16.5 Å². The fraction of sp³-hybridized carbons (Fsp3) is 0.308. The lowest BCUT2D eigenvalue weighted by molar-refractivity contribution is -0.141. The first-order chi connectivity index (χ1) is 9.93. The number of halogens is 1. The molecule has 0 N–H and O–H groups in total. The van der Waals surface area contributed by atoms with Crippen molar-refractivity contribution >= 4 is 63.5 Å². The molecule has 1 aliphatic heterocycles. The number of esters is 1. The fourth-order valence-electron chi connectivity index (χ4n) is 1.72. The zero-order valence-corrected chi connectivity index (χ0v) is 14.4. The van der Waals surface area contributed by atoms with Gasteiger partial charge in [0.15, 0.2) is 0 Å². The minimum absolute atomic E-state index is 0.179. The van der Waals surface area contributed by atoms with Gasteiger partial charge in [-0.05, 0) is 24.3 Å². The van der Waals surface area contributed by atoms with Gasteiger partial charge in [0, 0.05) is 17.0 Å². The van der Waals surface area contributed by atoms with E-state index in [9.17, 15) is 9.59 Å². The average Bonchev–Trinajstić information content (AvgIpc) is 2.73. The van der Waals surface area contributed by atoms with Crippen molar-refractivity contribution in [3.05, 3.63) is 29.3 Å². The third-order valence-electron chi connectivity index (χ3n) is 2.86. The minimum Gasteiger partial charge on any atom is -0.468 e. The van der Waals surface area contributed by atoms with E-state index in [1.807, 2.05) is 0 Å². The van der Waals surface area contributed by atoms with Crippen molar-refractivity contribution in [3.8, 4) is 0 Å². The van der Waals surface area contributed by atoms with Gasteiger partial charge >= 0.3 is 5.97 Å². The maximum Gasteiger partial charge on any atom is 0.320 e. The second-order valence-electron chi connectivity index (χ2n) is 4.22. The minimum atomic E-state index is -0.656. The van der Waals surface area contributed by atoms with Gasteiger partial charge in [0.25, 0.3) is 0 Å². The molecular weight excluding hydrogens is 350 g/mol. The normalized spacial score (nSPS) is 19.8. The molecule has 4 nitrogen and oxygen atoms in total. The molecule has 1 amide bonds. The maximum absolute atomic E-state index is 12.2. The molecule has 2 rings (SSSR count). The Kier molecular flexibility index (Phi) is 5.54. The third kappa shape index (κ3) is 3.71. The van der Waals surface area contributed by atoms with Crippen LogP contribution < -0.4 is 0 Å². The predicted octanol–water partition coefficient (Wildman–Crippen LogP) is 2.83. The second kappa shape index (κ2) is 7.00. The molecule has 8 heteroatoms. The van der Waals surface area contributed by atoms with Crippen LogP contribution in [0.25, 0.3) is 0 Å². The second-order valence-corrected chi connectivity index (χ2v) is 7.64. The molecule has 112 valence electrons. The number of carbonyl (C=O) groups excluding carboxylic acids is 2. The highest BCUT2D eigenvalue weighted by atomic mass is 35.5. The molecule has 0 aromatic heterocycles.